The zero-order valence-corrected chi connectivity index (χ0v) is 12.6. The van der Waals surface area contributed by atoms with Crippen molar-refractivity contribution in [1.82, 2.24) is 4.90 Å². The average Bonchev–Trinajstić information content (AvgIpc) is 2.43. The molecule has 110 valence electrons. The highest BCUT2D eigenvalue weighted by molar-refractivity contribution is 7.80. The number of β-amino-alcohol motifs (C(OH)–C–C–N with tert-alkyl or cyclic N) is 1. The van der Waals surface area contributed by atoms with Gasteiger partial charge in [0.15, 0.2) is 0 Å². The van der Waals surface area contributed by atoms with Crippen LogP contribution < -0.4 is 10.5 Å². The molecule has 1 aromatic carbocycles. The maximum absolute atomic E-state index is 9.84. The molecule has 0 spiro atoms. The van der Waals surface area contributed by atoms with Crippen molar-refractivity contribution < 1.29 is 9.84 Å². The molecule has 1 aliphatic rings. The Morgan fingerprint density at radius 1 is 1.45 bits per heavy atom. The van der Waals surface area contributed by atoms with Crippen LogP contribution in [-0.4, -0.2) is 47.3 Å². The van der Waals surface area contributed by atoms with Gasteiger partial charge in [-0.1, -0.05) is 19.1 Å². The topological polar surface area (TPSA) is 58.7 Å². The summed E-state index contributed by atoms with van der Waals surface area (Å²) in [4.78, 5) is 2.64. The van der Waals surface area contributed by atoms with Crippen LogP contribution in [0.25, 0.3) is 0 Å². The minimum absolute atomic E-state index is 0.214. The molecule has 0 saturated carbocycles. The molecule has 0 amide bonds. The van der Waals surface area contributed by atoms with Crippen LogP contribution in [0.15, 0.2) is 24.3 Å². The molecule has 2 unspecified atom stereocenters. The van der Waals surface area contributed by atoms with E-state index < -0.39 is 0 Å². The summed E-state index contributed by atoms with van der Waals surface area (Å²) in [5, 5.41) is 9.84. The van der Waals surface area contributed by atoms with E-state index in [-0.39, 0.29) is 6.10 Å². The molecule has 3 N–H and O–H groups in total. The van der Waals surface area contributed by atoms with E-state index in [1.165, 1.54) is 0 Å². The minimum Gasteiger partial charge on any atom is -0.492 e. The van der Waals surface area contributed by atoms with Crippen LogP contribution in [0.3, 0.4) is 0 Å². The summed E-state index contributed by atoms with van der Waals surface area (Å²) in [6, 6.07) is 7.48. The highest BCUT2D eigenvalue weighted by atomic mass is 32.1. The van der Waals surface area contributed by atoms with E-state index in [2.05, 4.69) is 11.8 Å². The lowest BCUT2D eigenvalue weighted by Gasteiger charge is -2.34. The van der Waals surface area contributed by atoms with Gasteiger partial charge in [0, 0.05) is 18.7 Å². The van der Waals surface area contributed by atoms with Crippen molar-refractivity contribution in [3.63, 3.8) is 0 Å². The number of ether oxygens (including phenoxy) is 1. The molecule has 0 aliphatic carbocycles. The lowest BCUT2D eigenvalue weighted by atomic mass is 9.96. The summed E-state index contributed by atoms with van der Waals surface area (Å²) in [7, 11) is 0. The highest BCUT2D eigenvalue weighted by Gasteiger charge is 2.23. The average molecular weight is 294 g/mol. The molecule has 1 aromatic rings. The Morgan fingerprint density at radius 2 is 2.15 bits per heavy atom. The first kappa shape index (κ1) is 15.2. The molecule has 0 aromatic heterocycles. The fourth-order valence-electron chi connectivity index (χ4n) is 2.33. The molecule has 1 heterocycles. The van der Waals surface area contributed by atoms with E-state index in [4.69, 9.17) is 22.7 Å². The third kappa shape index (κ3) is 4.16. The maximum atomic E-state index is 9.84. The number of piperidine rings is 1. The van der Waals surface area contributed by atoms with Gasteiger partial charge in [0.1, 0.15) is 17.3 Å². The van der Waals surface area contributed by atoms with Gasteiger partial charge in [-0.15, -0.1) is 0 Å². The van der Waals surface area contributed by atoms with Gasteiger partial charge in [-0.3, -0.25) is 4.90 Å². The van der Waals surface area contributed by atoms with Crippen molar-refractivity contribution in [3.05, 3.63) is 29.8 Å². The first-order valence-corrected chi connectivity index (χ1v) is 7.40. The molecule has 0 bridgehead atoms. The molecule has 0 radical (unpaired) electrons. The molecule has 4 nitrogen and oxygen atoms in total. The van der Waals surface area contributed by atoms with Crippen molar-refractivity contribution in [2.45, 2.75) is 19.4 Å². The Kier molecular flexibility index (Phi) is 5.34. The predicted octanol–water partition coefficient (Wildman–Crippen LogP) is 1.40. The zero-order chi connectivity index (χ0) is 14.5. The number of aliphatic hydroxyl groups excluding tert-OH is 1. The van der Waals surface area contributed by atoms with E-state index >= 15 is 0 Å². The Morgan fingerprint density at radius 3 is 2.75 bits per heavy atom. The third-order valence-corrected chi connectivity index (χ3v) is 4.05. The summed E-state index contributed by atoms with van der Waals surface area (Å²) in [6.07, 6.45) is 0.831. The van der Waals surface area contributed by atoms with Crippen LogP contribution in [0.1, 0.15) is 18.9 Å². The van der Waals surface area contributed by atoms with Gasteiger partial charge in [0.05, 0.1) is 6.10 Å². The second kappa shape index (κ2) is 7.02. The SMILES string of the molecule is CC1CCN(CCOc2ccc(C(N)=S)cc2)CC1O. The first-order chi connectivity index (χ1) is 9.56. The van der Waals surface area contributed by atoms with Gasteiger partial charge in [-0.05, 0) is 43.1 Å². The van der Waals surface area contributed by atoms with Crippen LogP contribution in [0.4, 0.5) is 0 Å². The number of nitrogens with two attached hydrogens (primary N) is 1. The Bertz CT molecular complexity index is 450. The molecule has 5 heteroatoms. The van der Waals surface area contributed by atoms with Gasteiger partial charge < -0.3 is 15.6 Å². The second-order valence-electron chi connectivity index (χ2n) is 5.37. The van der Waals surface area contributed by atoms with Crippen LogP contribution in [-0.2, 0) is 0 Å². The van der Waals surface area contributed by atoms with Gasteiger partial charge in [0.2, 0.25) is 0 Å². The normalized spacial score (nSPS) is 23.5. The van der Waals surface area contributed by atoms with Crippen molar-refractivity contribution in [2.24, 2.45) is 11.7 Å². The van der Waals surface area contributed by atoms with Gasteiger partial charge in [-0.2, -0.15) is 0 Å². The highest BCUT2D eigenvalue weighted by Crippen LogP contribution is 2.17. The molecule has 1 saturated heterocycles. The Labute approximate surface area is 125 Å². The lowest BCUT2D eigenvalue weighted by molar-refractivity contribution is 0.0244. The third-order valence-electron chi connectivity index (χ3n) is 3.82. The van der Waals surface area contributed by atoms with Gasteiger partial charge in [-0.25, -0.2) is 0 Å². The molecular weight excluding hydrogens is 272 g/mol. The van der Waals surface area contributed by atoms with E-state index in [0.29, 0.717) is 17.5 Å². The van der Waals surface area contributed by atoms with Gasteiger partial charge in [0.25, 0.3) is 0 Å². The number of likely N-dealkylation sites (tertiary alicyclic amines) is 1. The Balaban J connectivity index is 1.74. The summed E-state index contributed by atoms with van der Waals surface area (Å²) < 4.78 is 5.70. The van der Waals surface area contributed by atoms with Crippen LogP contribution in [0, 0.1) is 5.92 Å². The number of nitrogens with zero attached hydrogens (tertiary/aromatic N) is 1. The number of thiocarbonyl (C=S) groups is 1. The predicted molar refractivity (Wildman–Crippen MR) is 84.1 cm³/mol. The van der Waals surface area contributed by atoms with Crippen molar-refractivity contribution in [1.29, 1.82) is 0 Å². The Hall–Kier alpha value is -1.17. The quantitative estimate of drug-likeness (QED) is 0.804. The monoisotopic (exact) mass is 294 g/mol. The van der Waals surface area contributed by atoms with Crippen LogP contribution >= 0.6 is 12.2 Å². The fourth-order valence-corrected chi connectivity index (χ4v) is 2.46. The molecule has 20 heavy (non-hydrogen) atoms. The largest absolute Gasteiger partial charge is 0.492 e. The summed E-state index contributed by atoms with van der Waals surface area (Å²) in [5.41, 5.74) is 6.39. The van der Waals surface area contributed by atoms with E-state index in [0.717, 1.165) is 37.4 Å². The first-order valence-electron chi connectivity index (χ1n) is 6.99. The van der Waals surface area contributed by atoms with Crippen LogP contribution in [0.2, 0.25) is 0 Å². The summed E-state index contributed by atoms with van der Waals surface area (Å²) in [5.74, 6) is 1.22. The fraction of sp³-hybridized carbons (Fsp3) is 0.533. The number of rotatable bonds is 5. The molecule has 1 aliphatic heterocycles. The lowest BCUT2D eigenvalue weighted by Crippen LogP contribution is -2.44. The molecule has 1 fully saturated rings. The summed E-state index contributed by atoms with van der Waals surface area (Å²) >= 11 is 4.91. The maximum Gasteiger partial charge on any atom is 0.119 e. The van der Waals surface area contributed by atoms with E-state index in [1.54, 1.807) is 0 Å². The van der Waals surface area contributed by atoms with Gasteiger partial charge >= 0.3 is 0 Å². The number of hydrogen-bond donors (Lipinski definition) is 2. The standard InChI is InChI=1S/C15H22N2O2S/c1-11-6-7-17(10-14(11)18)8-9-19-13-4-2-12(3-5-13)15(16)20/h2-5,11,14,18H,6-10H2,1H3,(H2,16,20). The zero-order valence-electron chi connectivity index (χ0n) is 11.8. The van der Waals surface area contributed by atoms with Crippen molar-refractivity contribution >= 4 is 17.2 Å². The van der Waals surface area contributed by atoms with Crippen molar-refractivity contribution in [3.8, 4) is 5.75 Å². The smallest absolute Gasteiger partial charge is 0.119 e. The van der Waals surface area contributed by atoms with Crippen LogP contribution in [0.5, 0.6) is 5.75 Å². The van der Waals surface area contributed by atoms with Crippen molar-refractivity contribution in [2.75, 3.05) is 26.2 Å². The molecular formula is C15H22N2O2S. The second-order valence-corrected chi connectivity index (χ2v) is 5.81. The minimum atomic E-state index is -0.214. The summed E-state index contributed by atoms with van der Waals surface area (Å²) in [6.45, 7) is 5.32. The number of hydrogen-bond acceptors (Lipinski definition) is 4. The number of benzene rings is 1. The van der Waals surface area contributed by atoms with E-state index in [1.807, 2.05) is 24.3 Å². The molecule has 2 atom stereocenters. The number of aliphatic hydroxyl groups is 1. The van der Waals surface area contributed by atoms with E-state index in [9.17, 15) is 5.11 Å². The molecule has 2 rings (SSSR count).